The van der Waals surface area contributed by atoms with Crippen LogP contribution in [-0.4, -0.2) is 6.54 Å². The maximum atomic E-state index is 3.70. The van der Waals surface area contributed by atoms with E-state index in [4.69, 9.17) is 0 Å². The summed E-state index contributed by atoms with van der Waals surface area (Å²) in [6.45, 7) is 10.3. The summed E-state index contributed by atoms with van der Waals surface area (Å²) in [4.78, 5) is 0. The van der Waals surface area contributed by atoms with Crippen LogP contribution in [0, 0.1) is 18.3 Å². The van der Waals surface area contributed by atoms with Crippen molar-refractivity contribution in [2.24, 2.45) is 11.3 Å². The quantitative estimate of drug-likeness (QED) is 0.805. The van der Waals surface area contributed by atoms with Crippen molar-refractivity contribution < 1.29 is 0 Å². The Morgan fingerprint density at radius 1 is 1.12 bits per heavy atom. The zero-order chi connectivity index (χ0) is 12.5. The Morgan fingerprint density at radius 3 is 2.18 bits per heavy atom. The van der Waals surface area contributed by atoms with Gasteiger partial charge in [-0.05, 0) is 43.6 Å². The van der Waals surface area contributed by atoms with Crippen molar-refractivity contribution >= 4 is 0 Å². The Hall–Kier alpha value is -0.820. The minimum atomic E-state index is 0.465. The number of aryl methyl sites for hydroxylation is 1. The van der Waals surface area contributed by atoms with Gasteiger partial charge < -0.3 is 5.32 Å². The molecule has 0 saturated heterocycles. The van der Waals surface area contributed by atoms with Crippen molar-refractivity contribution in [3.05, 3.63) is 35.4 Å². The summed E-state index contributed by atoms with van der Waals surface area (Å²) in [6, 6.07) is 9.34. The van der Waals surface area contributed by atoms with E-state index in [9.17, 15) is 0 Å². The van der Waals surface area contributed by atoms with Crippen molar-refractivity contribution in [1.29, 1.82) is 0 Å². The molecule has 1 aromatic rings. The molecular formula is C16H25N. The van der Waals surface area contributed by atoms with Crippen LogP contribution in [0.2, 0.25) is 0 Å². The van der Waals surface area contributed by atoms with Crippen molar-refractivity contribution in [2.75, 3.05) is 6.54 Å². The molecule has 1 fully saturated rings. The van der Waals surface area contributed by atoms with Crippen molar-refractivity contribution in [1.82, 2.24) is 5.32 Å². The van der Waals surface area contributed by atoms with Crippen LogP contribution in [0.4, 0.5) is 0 Å². The van der Waals surface area contributed by atoms with Gasteiger partial charge in [0.15, 0.2) is 0 Å². The third-order valence-electron chi connectivity index (χ3n) is 4.45. The lowest BCUT2D eigenvalue weighted by atomic mass is 9.92. The molecule has 1 nitrogen and oxygen atoms in total. The molecule has 2 rings (SSSR count). The molecule has 1 aromatic carbocycles. The summed E-state index contributed by atoms with van der Waals surface area (Å²) in [6.07, 6.45) is 2.80. The Balaban J connectivity index is 1.89. The van der Waals surface area contributed by atoms with E-state index in [1.165, 1.54) is 30.5 Å². The average molecular weight is 231 g/mol. The molecule has 94 valence electrons. The first-order valence-corrected chi connectivity index (χ1v) is 6.83. The monoisotopic (exact) mass is 231 g/mol. The Kier molecular flexibility index (Phi) is 3.58. The van der Waals surface area contributed by atoms with E-state index in [0.29, 0.717) is 11.5 Å². The lowest BCUT2D eigenvalue weighted by molar-refractivity contribution is 0.325. The molecule has 0 bridgehead atoms. The van der Waals surface area contributed by atoms with Crippen LogP contribution in [0.15, 0.2) is 24.3 Å². The summed E-state index contributed by atoms with van der Waals surface area (Å²) >= 11 is 0. The third-order valence-corrected chi connectivity index (χ3v) is 4.45. The van der Waals surface area contributed by atoms with Crippen molar-refractivity contribution in [3.63, 3.8) is 0 Å². The average Bonchev–Trinajstić information content (AvgIpc) is 3.08. The molecule has 17 heavy (non-hydrogen) atoms. The second kappa shape index (κ2) is 4.81. The van der Waals surface area contributed by atoms with Gasteiger partial charge in [0.05, 0.1) is 0 Å². The number of benzene rings is 1. The molecule has 1 heteroatoms. The van der Waals surface area contributed by atoms with Gasteiger partial charge in [-0.1, -0.05) is 43.7 Å². The first-order valence-electron chi connectivity index (χ1n) is 6.83. The zero-order valence-electron chi connectivity index (χ0n) is 11.6. The second-order valence-electron chi connectivity index (χ2n) is 6.03. The van der Waals surface area contributed by atoms with E-state index in [-0.39, 0.29) is 0 Å². The van der Waals surface area contributed by atoms with E-state index in [1.54, 1.807) is 0 Å². The highest BCUT2D eigenvalue weighted by molar-refractivity contribution is 5.23. The maximum absolute atomic E-state index is 3.70. The smallest absolute Gasteiger partial charge is 0.0292 e. The normalized spacial score (nSPS) is 19.4. The van der Waals surface area contributed by atoms with Gasteiger partial charge in [0, 0.05) is 12.6 Å². The Labute approximate surface area is 106 Å². The summed E-state index contributed by atoms with van der Waals surface area (Å²) in [5.74, 6) is 0.806. The highest BCUT2D eigenvalue weighted by Gasteiger charge is 2.44. The fourth-order valence-electron chi connectivity index (χ4n) is 2.45. The van der Waals surface area contributed by atoms with Crippen LogP contribution in [0.5, 0.6) is 0 Å². The van der Waals surface area contributed by atoms with Crippen LogP contribution in [0.25, 0.3) is 0 Å². The number of hydrogen-bond donors (Lipinski definition) is 1. The third kappa shape index (κ3) is 2.90. The molecule has 0 amide bonds. The molecule has 1 aliphatic carbocycles. The van der Waals surface area contributed by atoms with E-state index < -0.39 is 0 Å². The lowest BCUT2D eigenvalue weighted by Crippen LogP contribution is -2.29. The van der Waals surface area contributed by atoms with Gasteiger partial charge in [0.25, 0.3) is 0 Å². The van der Waals surface area contributed by atoms with Gasteiger partial charge in [0.2, 0.25) is 0 Å². The molecule has 0 heterocycles. The molecule has 0 aliphatic heterocycles. The predicted molar refractivity (Wildman–Crippen MR) is 74.1 cm³/mol. The minimum absolute atomic E-state index is 0.465. The molecule has 0 aromatic heterocycles. The molecule has 1 atom stereocenters. The van der Waals surface area contributed by atoms with E-state index in [1.807, 2.05) is 0 Å². The van der Waals surface area contributed by atoms with Gasteiger partial charge >= 0.3 is 0 Å². The molecule has 1 saturated carbocycles. The fraction of sp³-hybridized carbons (Fsp3) is 0.625. The highest BCUT2D eigenvalue weighted by Crippen LogP contribution is 2.51. The number of rotatable bonds is 5. The minimum Gasteiger partial charge on any atom is -0.310 e. The fourth-order valence-corrected chi connectivity index (χ4v) is 2.45. The number of hydrogen-bond acceptors (Lipinski definition) is 1. The van der Waals surface area contributed by atoms with E-state index >= 15 is 0 Å². The van der Waals surface area contributed by atoms with Crippen LogP contribution < -0.4 is 5.32 Å². The topological polar surface area (TPSA) is 12.0 Å². The lowest BCUT2D eigenvalue weighted by Gasteiger charge is -2.23. The standard InChI is InChI=1S/C16H25N/c1-12(2)16(9-10-16)11-17-14(4)15-7-5-13(3)6-8-15/h5-8,12,14,17H,9-11H2,1-4H3. The molecule has 1 N–H and O–H groups in total. The summed E-state index contributed by atoms with van der Waals surface area (Å²) in [5.41, 5.74) is 3.33. The van der Waals surface area contributed by atoms with Gasteiger partial charge in [-0.3, -0.25) is 0 Å². The summed E-state index contributed by atoms with van der Waals surface area (Å²) in [5, 5.41) is 3.70. The van der Waals surface area contributed by atoms with Crippen molar-refractivity contribution in [3.8, 4) is 0 Å². The first-order chi connectivity index (χ1) is 8.03. The van der Waals surface area contributed by atoms with E-state index in [2.05, 4.69) is 57.3 Å². The molecule has 0 spiro atoms. The first kappa shape index (κ1) is 12.6. The zero-order valence-corrected chi connectivity index (χ0v) is 11.6. The Bertz CT molecular complexity index is 360. The Morgan fingerprint density at radius 2 is 1.71 bits per heavy atom. The van der Waals surface area contributed by atoms with Gasteiger partial charge in [0.1, 0.15) is 0 Å². The predicted octanol–water partition coefficient (Wildman–Crippen LogP) is 4.08. The largest absolute Gasteiger partial charge is 0.310 e. The molecule has 1 aliphatic rings. The highest BCUT2D eigenvalue weighted by atomic mass is 14.9. The summed E-state index contributed by atoms with van der Waals surface area (Å²) < 4.78 is 0. The van der Waals surface area contributed by atoms with Crippen LogP contribution in [-0.2, 0) is 0 Å². The van der Waals surface area contributed by atoms with Gasteiger partial charge in [-0.2, -0.15) is 0 Å². The maximum Gasteiger partial charge on any atom is 0.0292 e. The SMILES string of the molecule is Cc1ccc(C(C)NCC2(C(C)C)CC2)cc1. The molecule has 1 unspecified atom stereocenters. The van der Waals surface area contributed by atoms with E-state index in [0.717, 1.165) is 5.92 Å². The summed E-state index contributed by atoms with van der Waals surface area (Å²) in [7, 11) is 0. The van der Waals surface area contributed by atoms with Crippen molar-refractivity contribution in [2.45, 2.75) is 46.6 Å². The van der Waals surface area contributed by atoms with Gasteiger partial charge in [-0.15, -0.1) is 0 Å². The van der Waals surface area contributed by atoms with Crippen LogP contribution in [0.3, 0.4) is 0 Å². The molecular weight excluding hydrogens is 206 g/mol. The van der Waals surface area contributed by atoms with Crippen LogP contribution in [0.1, 0.15) is 50.8 Å². The molecule has 0 radical (unpaired) electrons. The van der Waals surface area contributed by atoms with Crippen LogP contribution >= 0.6 is 0 Å². The van der Waals surface area contributed by atoms with Gasteiger partial charge in [-0.25, -0.2) is 0 Å². The number of nitrogens with one attached hydrogen (secondary N) is 1. The second-order valence-corrected chi connectivity index (χ2v) is 6.03.